The Labute approximate surface area is 99.6 Å². The molecule has 1 unspecified atom stereocenters. The number of hydrogen-bond acceptors (Lipinski definition) is 5. The Morgan fingerprint density at radius 1 is 1.47 bits per heavy atom. The summed E-state index contributed by atoms with van der Waals surface area (Å²) < 4.78 is 0. The number of nitrogens with two attached hydrogens (primary N) is 1. The van der Waals surface area contributed by atoms with Crippen molar-refractivity contribution in [3.05, 3.63) is 35.3 Å². The van der Waals surface area contributed by atoms with Crippen LogP contribution in [0.5, 0.6) is 0 Å². The predicted octanol–water partition coefficient (Wildman–Crippen LogP) is 0.789. The number of aromatic nitrogens is 4. The van der Waals surface area contributed by atoms with Crippen LogP contribution in [0.1, 0.15) is 29.8 Å². The van der Waals surface area contributed by atoms with Gasteiger partial charge in [0, 0.05) is 11.8 Å². The lowest BCUT2D eigenvalue weighted by Gasteiger charge is -2.17. The minimum atomic E-state index is -0.0776. The van der Waals surface area contributed by atoms with Gasteiger partial charge in [0.1, 0.15) is 11.5 Å². The van der Waals surface area contributed by atoms with Crippen LogP contribution in [0.25, 0.3) is 0 Å². The number of nitrogens with zero attached hydrogens (tertiary/aromatic N) is 3. The molecule has 0 aliphatic carbocycles. The maximum Gasteiger partial charge on any atom is 0.128 e. The second-order valence-corrected chi connectivity index (χ2v) is 3.87. The van der Waals surface area contributed by atoms with E-state index in [1.165, 1.54) is 0 Å². The number of nitrogens with one attached hydrogen (secondary N) is 2. The number of pyridine rings is 1. The number of aryl methyl sites for hydroxylation is 1. The van der Waals surface area contributed by atoms with E-state index >= 15 is 0 Å². The fourth-order valence-corrected chi connectivity index (χ4v) is 1.76. The van der Waals surface area contributed by atoms with E-state index in [1.807, 2.05) is 19.9 Å². The van der Waals surface area contributed by atoms with Gasteiger partial charge in [0.2, 0.25) is 0 Å². The third kappa shape index (κ3) is 2.42. The van der Waals surface area contributed by atoms with Crippen LogP contribution in [0.4, 0.5) is 5.82 Å². The highest BCUT2D eigenvalue weighted by molar-refractivity contribution is 5.45. The molecule has 0 saturated heterocycles. The Kier molecular flexibility index (Phi) is 3.34. The van der Waals surface area contributed by atoms with Crippen LogP contribution in [0.2, 0.25) is 0 Å². The molecule has 17 heavy (non-hydrogen) atoms. The first-order valence-electron chi connectivity index (χ1n) is 5.53. The molecular weight excluding hydrogens is 216 g/mol. The van der Waals surface area contributed by atoms with Gasteiger partial charge in [-0.15, -0.1) is 0 Å². The summed E-state index contributed by atoms with van der Waals surface area (Å²) in [7, 11) is 0. The SMILES string of the molecule is CCNC(c1cn[nH]n1)c1cc(C)cnc1N. The summed E-state index contributed by atoms with van der Waals surface area (Å²) in [6.45, 7) is 4.83. The fraction of sp³-hybridized carbons (Fsp3) is 0.364. The zero-order chi connectivity index (χ0) is 12.3. The summed E-state index contributed by atoms with van der Waals surface area (Å²) in [5.41, 5.74) is 8.73. The first-order chi connectivity index (χ1) is 8.22. The van der Waals surface area contributed by atoms with Crippen molar-refractivity contribution in [2.24, 2.45) is 0 Å². The average Bonchev–Trinajstić information content (AvgIpc) is 2.83. The van der Waals surface area contributed by atoms with Crippen LogP contribution in [0, 0.1) is 6.92 Å². The quantitative estimate of drug-likeness (QED) is 0.724. The second kappa shape index (κ2) is 4.92. The van der Waals surface area contributed by atoms with Crippen LogP contribution in [0.3, 0.4) is 0 Å². The zero-order valence-electron chi connectivity index (χ0n) is 9.94. The standard InChI is InChI=1S/C11H16N6/c1-3-13-10(9-6-15-17-16-9)8-4-7(2)5-14-11(8)12/h4-6,10,13H,3H2,1-2H3,(H2,12,14)(H,15,16,17). The summed E-state index contributed by atoms with van der Waals surface area (Å²) in [4.78, 5) is 4.17. The number of H-pyrrole nitrogens is 1. The average molecular weight is 232 g/mol. The summed E-state index contributed by atoms with van der Waals surface area (Å²) in [5, 5.41) is 13.9. The molecule has 2 aromatic heterocycles. The van der Waals surface area contributed by atoms with Crippen LogP contribution >= 0.6 is 0 Å². The van der Waals surface area contributed by atoms with E-state index in [4.69, 9.17) is 5.73 Å². The molecule has 0 spiro atoms. The van der Waals surface area contributed by atoms with Gasteiger partial charge in [0.05, 0.1) is 12.2 Å². The molecule has 0 radical (unpaired) electrons. The molecule has 2 heterocycles. The van der Waals surface area contributed by atoms with Crippen LogP contribution < -0.4 is 11.1 Å². The Morgan fingerprint density at radius 3 is 2.94 bits per heavy atom. The maximum atomic E-state index is 5.92. The first-order valence-corrected chi connectivity index (χ1v) is 5.53. The molecule has 2 aromatic rings. The van der Waals surface area contributed by atoms with Crippen molar-refractivity contribution in [1.82, 2.24) is 25.7 Å². The smallest absolute Gasteiger partial charge is 0.128 e. The number of nitrogen functional groups attached to an aromatic ring is 1. The number of anilines is 1. The predicted molar refractivity (Wildman–Crippen MR) is 65.3 cm³/mol. The summed E-state index contributed by atoms with van der Waals surface area (Å²) in [6, 6.07) is 1.94. The lowest BCUT2D eigenvalue weighted by Crippen LogP contribution is -2.23. The van der Waals surface area contributed by atoms with Crippen molar-refractivity contribution in [1.29, 1.82) is 0 Å². The third-order valence-corrected chi connectivity index (χ3v) is 2.53. The van der Waals surface area contributed by atoms with Gasteiger partial charge in [0.25, 0.3) is 0 Å². The van der Waals surface area contributed by atoms with Gasteiger partial charge in [-0.3, -0.25) is 0 Å². The Morgan fingerprint density at radius 2 is 2.29 bits per heavy atom. The Bertz CT molecular complexity index is 479. The minimum Gasteiger partial charge on any atom is -0.383 e. The van der Waals surface area contributed by atoms with Crippen LogP contribution in [0.15, 0.2) is 18.5 Å². The van der Waals surface area contributed by atoms with Crippen molar-refractivity contribution in [3.8, 4) is 0 Å². The monoisotopic (exact) mass is 232 g/mol. The normalized spacial score (nSPS) is 12.6. The van der Waals surface area contributed by atoms with Gasteiger partial charge in [-0.25, -0.2) is 4.98 Å². The fourth-order valence-electron chi connectivity index (χ4n) is 1.76. The lowest BCUT2D eigenvalue weighted by molar-refractivity contribution is 0.613. The molecule has 0 bridgehead atoms. The lowest BCUT2D eigenvalue weighted by atomic mass is 10.0. The highest BCUT2D eigenvalue weighted by Crippen LogP contribution is 2.24. The summed E-state index contributed by atoms with van der Waals surface area (Å²) >= 11 is 0. The van der Waals surface area contributed by atoms with Crippen LogP contribution in [-0.2, 0) is 0 Å². The molecule has 0 saturated carbocycles. The van der Waals surface area contributed by atoms with Crippen molar-refractivity contribution >= 4 is 5.82 Å². The second-order valence-electron chi connectivity index (χ2n) is 3.87. The highest BCUT2D eigenvalue weighted by Gasteiger charge is 2.18. The van der Waals surface area contributed by atoms with Gasteiger partial charge < -0.3 is 11.1 Å². The van der Waals surface area contributed by atoms with Crippen LogP contribution in [-0.4, -0.2) is 26.9 Å². The summed E-state index contributed by atoms with van der Waals surface area (Å²) in [5.74, 6) is 0.518. The Hall–Kier alpha value is -1.95. The number of hydrogen-bond donors (Lipinski definition) is 3. The molecule has 6 heteroatoms. The van der Waals surface area contributed by atoms with E-state index < -0.39 is 0 Å². The van der Waals surface area contributed by atoms with Crippen molar-refractivity contribution in [2.45, 2.75) is 19.9 Å². The Balaban J connectivity index is 2.42. The van der Waals surface area contributed by atoms with Crippen molar-refractivity contribution in [2.75, 3.05) is 12.3 Å². The van der Waals surface area contributed by atoms with Gasteiger partial charge in [0.15, 0.2) is 0 Å². The van der Waals surface area contributed by atoms with Gasteiger partial charge >= 0.3 is 0 Å². The van der Waals surface area contributed by atoms with E-state index in [1.54, 1.807) is 12.4 Å². The number of rotatable bonds is 4. The van der Waals surface area contributed by atoms with E-state index in [0.717, 1.165) is 23.4 Å². The molecular formula is C11H16N6. The first kappa shape index (κ1) is 11.5. The molecule has 0 fully saturated rings. The van der Waals surface area contributed by atoms with Gasteiger partial charge in [-0.1, -0.05) is 6.92 Å². The third-order valence-electron chi connectivity index (χ3n) is 2.53. The molecule has 0 aromatic carbocycles. The molecule has 6 nitrogen and oxygen atoms in total. The zero-order valence-corrected chi connectivity index (χ0v) is 9.94. The highest BCUT2D eigenvalue weighted by atomic mass is 15.3. The van der Waals surface area contributed by atoms with E-state index in [2.05, 4.69) is 25.7 Å². The molecule has 0 amide bonds. The molecule has 0 aliphatic heterocycles. The van der Waals surface area contributed by atoms with Gasteiger partial charge in [-0.05, 0) is 25.1 Å². The van der Waals surface area contributed by atoms with Gasteiger partial charge in [-0.2, -0.15) is 15.4 Å². The van der Waals surface area contributed by atoms with Crippen molar-refractivity contribution < 1.29 is 0 Å². The number of aromatic amines is 1. The van der Waals surface area contributed by atoms with Crippen molar-refractivity contribution in [3.63, 3.8) is 0 Å². The minimum absolute atomic E-state index is 0.0776. The maximum absolute atomic E-state index is 5.92. The molecule has 90 valence electrons. The molecule has 0 aliphatic rings. The molecule has 1 atom stereocenters. The molecule has 2 rings (SSSR count). The summed E-state index contributed by atoms with van der Waals surface area (Å²) in [6.07, 6.45) is 3.44. The largest absolute Gasteiger partial charge is 0.383 e. The molecule has 4 N–H and O–H groups in total. The van der Waals surface area contributed by atoms with E-state index in [0.29, 0.717) is 5.82 Å². The van der Waals surface area contributed by atoms with E-state index in [-0.39, 0.29) is 6.04 Å². The topological polar surface area (TPSA) is 92.5 Å². The van der Waals surface area contributed by atoms with E-state index in [9.17, 15) is 0 Å².